The van der Waals surface area contributed by atoms with Crippen LogP contribution in [0, 0.1) is 11.3 Å². The molecule has 0 bridgehead atoms. The van der Waals surface area contributed by atoms with Crippen LogP contribution in [0.3, 0.4) is 0 Å². The van der Waals surface area contributed by atoms with Crippen molar-refractivity contribution in [1.29, 1.82) is 5.26 Å². The van der Waals surface area contributed by atoms with Crippen LogP contribution >= 0.6 is 0 Å². The second-order valence-electron chi connectivity index (χ2n) is 5.23. The Bertz CT molecular complexity index is 240. The SMILES string of the molecule is N#CCN1CCCC(NC2CCCCC2)C1. The summed E-state index contributed by atoms with van der Waals surface area (Å²) in [5.41, 5.74) is 0. The minimum atomic E-state index is 0.600. The average Bonchev–Trinajstić information content (AvgIpc) is 2.31. The van der Waals surface area contributed by atoms with Crippen molar-refractivity contribution in [3.63, 3.8) is 0 Å². The maximum Gasteiger partial charge on any atom is 0.0866 e. The van der Waals surface area contributed by atoms with Crippen LogP contribution in [0.15, 0.2) is 0 Å². The number of nitrogens with one attached hydrogen (secondary N) is 1. The first-order valence-corrected chi connectivity index (χ1v) is 6.74. The molecule has 3 nitrogen and oxygen atoms in total. The zero-order valence-corrected chi connectivity index (χ0v) is 10.1. The van der Waals surface area contributed by atoms with Crippen molar-refractivity contribution in [2.24, 2.45) is 0 Å². The van der Waals surface area contributed by atoms with Crippen LogP contribution in [-0.2, 0) is 0 Å². The van der Waals surface area contributed by atoms with Crippen LogP contribution < -0.4 is 5.32 Å². The Kier molecular flexibility index (Phi) is 4.62. The first-order chi connectivity index (χ1) is 7.88. The molecule has 0 aromatic rings. The Morgan fingerprint density at radius 2 is 1.81 bits per heavy atom. The third-order valence-corrected chi connectivity index (χ3v) is 3.88. The van der Waals surface area contributed by atoms with E-state index in [0.29, 0.717) is 12.6 Å². The molecule has 0 aromatic carbocycles. The molecule has 1 atom stereocenters. The van der Waals surface area contributed by atoms with Gasteiger partial charge in [-0.2, -0.15) is 5.26 Å². The molecule has 1 saturated heterocycles. The van der Waals surface area contributed by atoms with E-state index in [1.807, 2.05) is 0 Å². The van der Waals surface area contributed by atoms with Crippen molar-refractivity contribution in [1.82, 2.24) is 10.2 Å². The number of piperidine rings is 1. The summed E-state index contributed by atoms with van der Waals surface area (Å²) >= 11 is 0. The monoisotopic (exact) mass is 221 g/mol. The highest BCUT2D eigenvalue weighted by Gasteiger charge is 2.22. The zero-order valence-electron chi connectivity index (χ0n) is 10.1. The molecular formula is C13H23N3. The van der Waals surface area contributed by atoms with E-state index in [1.54, 1.807) is 0 Å². The first-order valence-electron chi connectivity index (χ1n) is 6.74. The topological polar surface area (TPSA) is 39.1 Å². The van der Waals surface area contributed by atoms with Gasteiger partial charge in [-0.25, -0.2) is 0 Å². The van der Waals surface area contributed by atoms with E-state index < -0.39 is 0 Å². The summed E-state index contributed by atoms with van der Waals surface area (Å²) in [7, 11) is 0. The standard InChI is InChI=1S/C13H23N3/c14-8-10-16-9-4-7-13(11-16)15-12-5-2-1-3-6-12/h12-13,15H,1-7,9-11H2. The lowest BCUT2D eigenvalue weighted by Gasteiger charge is -2.35. The van der Waals surface area contributed by atoms with E-state index in [-0.39, 0.29) is 0 Å². The summed E-state index contributed by atoms with van der Waals surface area (Å²) in [6, 6.07) is 3.64. The smallest absolute Gasteiger partial charge is 0.0866 e. The molecule has 0 amide bonds. The van der Waals surface area contributed by atoms with Crippen molar-refractivity contribution in [3.8, 4) is 6.07 Å². The van der Waals surface area contributed by atoms with Crippen molar-refractivity contribution in [3.05, 3.63) is 0 Å². The molecule has 0 aromatic heterocycles. The van der Waals surface area contributed by atoms with Crippen LogP contribution in [0.2, 0.25) is 0 Å². The second-order valence-corrected chi connectivity index (χ2v) is 5.23. The summed E-state index contributed by atoms with van der Waals surface area (Å²) in [6.45, 7) is 2.78. The number of likely N-dealkylation sites (tertiary alicyclic amines) is 1. The highest BCUT2D eigenvalue weighted by atomic mass is 15.2. The van der Waals surface area contributed by atoms with Gasteiger partial charge in [0.15, 0.2) is 0 Å². The van der Waals surface area contributed by atoms with Crippen LogP contribution in [-0.4, -0.2) is 36.6 Å². The predicted molar refractivity (Wildman–Crippen MR) is 65.1 cm³/mol. The lowest BCUT2D eigenvalue weighted by atomic mass is 9.94. The van der Waals surface area contributed by atoms with Gasteiger partial charge in [-0.1, -0.05) is 19.3 Å². The fraction of sp³-hybridized carbons (Fsp3) is 0.923. The Hall–Kier alpha value is -0.590. The van der Waals surface area contributed by atoms with Gasteiger partial charge >= 0.3 is 0 Å². The fourth-order valence-electron chi connectivity index (χ4n) is 3.04. The summed E-state index contributed by atoms with van der Waals surface area (Å²) < 4.78 is 0. The molecule has 0 spiro atoms. The second kappa shape index (κ2) is 6.22. The maximum absolute atomic E-state index is 8.71. The molecule has 0 radical (unpaired) electrons. The highest BCUT2D eigenvalue weighted by Crippen LogP contribution is 2.19. The predicted octanol–water partition coefficient (Wildman–Crippen LogP) is 1.90. The van der Waals surface area contributed by atoms with Gasteiger partial charge in [0.1, 0.15) is 0 Å². The number of hydrogen-bond acceptors (Lipinski definition) is 3. The van der Waals surface area contributed by atoms with Crippen LogP contribution in [0.1, 0.15) is 44.9 Å². The van der Waals surface area contributed by atoms with E-state index in [9.17, 15) is 0 Å². The van der Waals surface area contributed by atoms with Gasteiger partial charge in [0.25, 0.3) is 0 Å². The molecule has 16 heavy (non-hydrogen) atoms. The molecule has 1 N–H and O–H groups in total. The molecule has 90 valence electrons. The summed E-state index contributed by atoms with van der Waals surface area (Å²) in [6.07, 6.45) is 9.45. The molecule has 2 aliphatic rings. The van der Waals surface area contributed by atoms with Crippen molar-refractivity contribution in [2.75, 3.05) is 19.6 Å². The quantitative estimate of drug-likeness (QED) is 0.740. The largest absolute Gasteiger partial charge is 0.310 e. The third-order valence-electron chi connectivity index (χ3n) is 3.88. The van der Waals surface area contributed by atoms with Gasteiger partial charge in [-0.3, -0.25) is 4.90 Å². The van der Waals surface area contributed by atoms with Gasteiger partial charge in [0.05, 0.1) is 12.6 Å². The highest BCUT2D eigenvalue weighted by molar-refractivity contribution is 4.86. The summed E-state index contributed by atoms with van der Waals surface area (Å²) in [5, 5.41) is 12.5. The van der Waals surface area contributed by atoms with E-state index in [1.165, 1.54) is 44.9 Å². The van der Waals surface area contributed by atoms with E-state index >= 15 is 0 Å². The molecule has 3 heteroatoms. The Balaban J connectivity index is 1.74. The minimum absolute atomic E-state index is 0.600. The van der Waals surface area contributed by atoms with Crippen LogP contribution in [0.25, 0.3) is 0 Å². The first kappa shape index (κ1) is 11.9. The molecular weight excluding hydrogens is 198 g/mol. The summed E-state index contributed by atoms with van der Waals surface area (Å²) in [4.78, 5) is 2.28. The van der Waals surface area contributed by atoms with E-state index in [2.05, 4.69) is 16.3 Å². The lowest BCUT2D eigenvalue weighted by Crippen LogP contribution is -2.49. The normalized spacial score (nSPS) is 28.8. The van der Waals surface area contributed by atoms with Crippen molar-refractivity contribution in [2.45, 2.75) is 57.0 Å². The van der Waals surface area contributed by atoms with Gasteiger partial charge in [0, 0.05) is 18.6 Å². The number of hydrogen-bond donors (Lipinski definition) is 1. The number of nitriles is 1. The number of rotatable bonds is 3. The van der Waals surface area contributed by atoms with Gasteiger partial charge in [-0.05, 0) is 32.2 Å². The lowest BCUT2D eigenvalue weighted by molar-refractivity contribution is 0.191. The maximum atomic E-state index is 8.71. The Labute approximate surface area is 98.8 Å². The fourth-order valence-corrected chi connectivity index (χ4v) is 3.04. The third kappa shape index (κ3) is 3.47. The van der Waals surface area contributed by atoms with Crippen molar-refractivity contribution >= 4 is 0 Å². The minimum Gasteiger partial charge on any atom is -0.310 e. The molecule has 1 aliphatic heterocycles. The Morgan fingerprint density at radius 3 is 2.56 bits per heavy atom. The summed E-state index contributed by atoms with van der Waals surface area (Å²) in [5.74, 6) is 0. The average molecular weight is 221 g/mol. The van der Waals surface area contributed by atoms with E-state index in [0.717, 1.165) is 19.1 Å². The number of nitrogens with zero attached hydrogens (tertiary/aromatic N) is 2. The molecule has 2 rings (SSSR count). The van der Waals surface area contributed by atoms with E-state index in [4.69, 9.17) is 5.26 Å². The van der Waals surface area contributed by atoms with Gasteiger partial charge < -0.3 is 5.32 Å². The molecule has 1 heterocycles. The van der Waals surface area contributed by atoms with Crippen molar-refractivity contribution < 1.29 is 0 Å². The molecule has 1 saturated carbocycles. The molecule has 1 aliphatic carbocycles. The van der Waals surface area contributed by atoms with Crippen LogP contribution in [0.5, 0.6) is 0 Å². The molecule has 2 fully saturated rings. The van der Waals surface area contributed by atoms with Gasteiger partial charge in [0.2, 0.25) is 0 Å². The zero-order chi connectivity index (χ0) is 11.2. The van der Waals surface area contributed by atoms with Gasteiger partial charge in [-0.15, -0.1) is 0 Å². The molecule has 1 unspecified atom stereocenters. The van der Waals surface area contributed by atoms with Crippen LogP contribution in [0.4, 0.5) is 0 Å². The Morgan fingerprint density at radius 1 is 1.06 bits per heavy atom.